The first-order valence-corrected chi connectivity index (χ1v) is 6.90. The number of aromatic nitrogens is 4. The Morgan fingerprint density at radius 1 is 1.30 bits per heavy atom. The van der Waals surface area contributed by atoms with Crippen LogP contribution in [0, 0.1) is 12.9 Å². The summed E-state index contributed by atoms with van der Waals surface area (Å²) in [5, 5.41) is 14.5. The molecule has 0 aliphatic carbocycles. The van der Waals surface area contributed by atoms with E-state index in [1.54, 1.807) is 25.1 Å². The summed E-state index contributed by atoms with van der Waals surface area (Å²) in [5.74, 6) is -0.236. The maximum absolute atomic E-state index is 14.1. The molecule has 0 radical (unpaired) electrons. The van der Waals surface area contributed by atoms with Gasteiger partial charge >= 0.3 is 0 Å². The van der Waals surface area contributed by atoms with E-state index in [1.165, 1.54) is 22.5 Å². The van der Waals surface area contributed by atoms with Gasteiger partial charge in [0.25, 0.3) is 0 Å². The standard InChI is InChI=1S/C13H11FN4OS/c1-8-6-11(19)16-13(15-8)20-7-18-12(14)9-4-2-3-5-10(9)17-18/h2-6H,7H2,1H3,(H,15,16,19). The number of rotatable bonds is 3. The first-order valence-electron chi connectivity index (χ1n) is 5.92. The Balaban J connectivity index is 1.84. The minimum Gasteiger partial charge on any atom is -0.493 e. The summed E-state index contributed by atoms with van der Waals surface area (Å²) in [6.07, 6.45) is 0. The van der Waals surface area contributed by atoms with E-state index >= 15 is 0 Å². The molecule has 0 unspecified atom stereocenters. The number of nitrogens with zero attached hydrogens (tertiary/aromatic N) is 4. The highest BCUT2D eigenvalue weighted by atomic mass is 32.2. The molecule has 3 aromatic rings. The van der Waals surface area contributed by atoms with Gasteiger partial charge in [-0.05, 0) is 19.1 Å². The van der Waals surface area contributed by atoms with Gasteiger partial charge in [0.05, 0.1) is 16.8 Å². The molecule has 1 aromatic carbocycles. The van der Waals surface area contributed by atoms with Crippen molar-refractivity contribution in [3.8, 4) is 5.88 Å². The lowest BCUT2D eigenvalue weighted by Crippen LogP contribution is -2.01. The SMILES string of the molecule is Cc1cc(O)nc(SCn2nc3ccccc3c2F)n1. The van der Waals surface area contributed by atoms with E-state index in [2.05, 4.69) is 15.1 Å². The van der Waals surface area contributed by atoms with Crippen molar-refractivity contribution in [3.63, 3.8) is 0 Å². The summed E-state index contributed by atoms with van der Waals surface area (Å²) < 4.78 is 15.3. The van der Waals surface area contributed by atoms with Crippen molar-refractivity contribution in [2.45, 2.75) is 18.0 Å². The minimum absolute atomic E-state index is 0.0916. The summed E-state index contributed by atoms with van der Waals surface area (Å²) in [7, 11) is 0. The van der Waals surface area contributed by atoms with Crippen molar-refractivity contribution >= 4 is 22.7 Å². The second-order valence-corrected chi connectivity index (χ2v) is 5.14. The van der Waals surface area contributed by atoms with E-state index in [0.717, 1.165) is 0 Å². The van der Waals surface area contributed by atoms with E-state index in [4.69, 9.17) is 0 Å². The monoisotopic (exact) mass is 290 g/mol. The van der Waals surface area contributed by atoms with Gasteiger partial charge in [-0.3, -0.25) is 0 Å². The quantitative estimate of drug-likeness (QED) is 0.593. The van der Waals surface area contributed by atoms with Gasteiger partial charge in [-0.1, -0.05) is 23.9 Å². The Labute approximate surface area is 118 Å². The van der Waals surface area contributed by atoms with Crippen molar-refractivity contribution in [3.05, 3.63) is 42.0 Å². The number of aromatic hydroxyl groups is 1. The molecule has 0 saturated carbocycles. The lowest BCUT2D eigenvalue weighted by molar-refractivity contribution is 0.444. The molecule has 0 spiro atoms. The number of aryl methyl sites for hydroxylation is 1. The van der Waals surface area contributed by atoms with E-state index in [0.29, 0.717) is 21.8 Å². The summed E-state index contributed by atoms with van der Waals surface area (Å²) in [6, 6.07) is 8.50. The zero-order valence-corrected chi connectivity index (χ0v) is 11.4. The summed E-state index contributed by atoms with van der Waals surface area (Å²) in [4.78, 5) is 8.04. The van der Waals surface area contributed by atoms with E-state index < -0.39 is 0 Å². The molecule has 0 saturated heterocycles. The lowest BCUT2D eigenvalue weighted by Gasteiger charge is -2.02. The third kappa shape index (κ3) is 2.44. The molecule has 2 aromatic heterocycles. The van der Waals surface area contributed by atoms with Crippen LogP contribution in [0.3, 0.4) is 0 Å². The number of thioether (sulfide) groups is 1. The third-order valence-corrected chi connectivity index (χ3v) is 3.53. The summed E-state index contributed by atoms with van der Waals surface area (Å²) in [5.41, 5.74) is 1.27. The van der Waals surface area contributed by atoms with Crippen LogP contribution in [-0.4, -0.2) is 24.9 Å². The molecule has 102 valence electrons. The molecule has 2 heterocycles. The first-order chi connectivity index (χ1) is 9.63. The molecule has 0 amide bonds. The molecular weight excluding hydrogens is 279 g/mol. The fourth-order valence-corrected chi connectivity index (χ4v) is 2.62. The average molecular weight is 290 g/mol. The van der Waals surface area contributed by atoms with Crippen LogP contribution < -0.4 is 0 Å². The molecule has 1 N–H and O–H groups in total. The van der Waals surface area contributed by atoms with Crippen LogP contribution >= 0.6 is 11.8 Å². The summed E-state index contributed by atoms with van der Waals surface area (Å²) in [6.45, 7) is 1.76. The van der Waals surface area contributed by atoms with E-state index in [9.17, 15) is 9.50 Å². The number of benzene rings is 1. The van der Waals surface area contributed by atoms with Gasteiger partial charge in [-0.25, -0.2) is 9.67 Å². The number of fused-ring (bicyclic) bond motifs is 1. The fraction of sp³-hybridized carbons (Fsp3) is 0.154. The Hall–Kier alpha value is -2.15. The summed E-state index contributed by atoms with van der Waals surface area (Å²) >= 11 is 1.21. The maximum atomic E-state index is 14.1. The Bertz CT molecular complexity index is 754. The highest BCUT2D eigenvalue weighted by Crippen LogP contribution is 2.22. The van der Waals surface area contributed by atoms with Crippen LogP contribution in [0.25, 0.3) is 10.9 Å². The van der Waals surface area contributed by atoms with Gasteiger partial charge in [0, 0.05) is 11.8 Å². The lowest BCUT2D eigenvalue weighted by atomic mass is 10.3. The predicted octanol–water partition coefficient (Wildman–Crippen LogP) is 2.73. The van der Waals surface area contributed by atoms with Crippen LogP contribution in [0.1, 0.15) is 5.69 Å². The van der Waals surface area contributed by atoms with Gasteiger partial charge in [-0.15, -0.1) is 0 Å². The largest absolute Gasteiger partial charge is 0.493 e. The molecule has 7 heteroatoms. The normalized spacial score (nSPS) is 11.1. The number of hydrogen-bond acceptors (Lipinski definition) is 5. The minimum atomic E-state index is -0.384. The second-order valence-electron chi connectivity index (χ2n) is 4.23. The average Bonchev–Trinajstić information content (AvgIpc) is 2.73. The highest BCUT2D eigenvalue weighted by molar-refractivity contribution is 7.98. The Morgan fingerprint density at radius 2 is 2.10 bits per heavy atom. The van der Waals surface area contributed by atoms with Crippen molar-refractivity contribution in [1.82, 2.24) is 19.7 Å². The number of halogens is 1. The van der Waals surface area contributed by atoms with Gasteiger partial charge in [0.15, 0.2) is 5.16 Å². The van der Waals surface area contributed by atoms with Crippen LogP contribution in [0.4, 0.5) is 4.39 Å². The van der Waals surface area contributed by atoms with Crippen molar-refractivity contribution in [1.29, 1.82) is 0 Å². The molecular formula is C13H11FN4OS. The molecule has 0 aliphatic rings. The predicted molar refractivity (Wildman–Crippen MR) is 74.0 cm³/mol. The van der Waals surface area contributed by atoms with E-state index in [1.807, 2.05) is 6.07 Å². The van der Waals surface area contributed by atoms with E-state index in [-0.39, 0.29) is 17.7 Å². The van der Waals surface area contributed by atoms with Gasteiger partial charge in [-0.2, -0.15) is 14.5 Å². The molecule has 3 rings (SSSR count). The Morgan fingerprint density at radius 3 is 2.85 bits per heavy atom. The van der Waals surface area contributed by atoms with Crippen molar-refractivity contribution in [2.75, 3.05) is 0 Å². The topological polar surface area (TPSA) is 63.8 Å². The fourth-order valence-electron chi connectivity index (χ4n) is 1.84. The molecule has 0 bridgehead atoms. The van der Waals surface area contributed by atoms with Crippen molar-refractivity contribution in [2.24, 2.45) is 0 Å². The number of hydrogen-bond donors (Lipinski definition) is 1. The van der Waals surface area contributed by atoms with Crippen LogP contribution in [0.5, 0.6) is 5.88 Å². The molecule has 5 nitrogen and oxygen atoms in total. The smallest absolute Gasteiger partial charge is 0.220 e. The van der Waals surface area contributed by atoms with Crippen molar-refractivity contribution < 1.29 is 9.50 Å². The maximum Gasteiger partial charge on any atom is 0.220 e. The van der Waals surface area contributed by atoms with Crippen LogP contribution in [-0.2, 0) is 5.88 Å². The Kier molecular flexibility index (Phi) is 3.27. The molecule has 0 aliphatic heterocycles. The van der Waals surface area contributed by atoms with Gasteiger partial charge < -0.3 is 5.11 Å². The van der Waals surface area contributed by atoms with Gasteiger partial charge in [0.1, 0.15) is 0 Å². The first kappa shape index (κ1) is 12.9. The van der Waals surface area contributed by atoms with Crippen LogP contribution in [0.15, 0.2) is 35.5 Å². The van der Waals surface area contributed by atoms with Crippen LogP contribution in [0.2, 0.25) is 0 Å². The molecule has 0 fully saturated rings. The molecule has 20 heavy (non-hydrogen) atoms. The zero-order valence-electron chi connectivity index (χ0n) is 10.6. The highest BCUT2D eigenvalue weighted by Gasteiger charge is 2.11. The second kappa shape index (κ2) is 5.09. The molecule has 0 atom stereocenters. The third-order valence-electron chi connectivity index (χ3n) is 2.72. The van der Waals surface area contributed by atoms with Gasteiger partial charge in [0.2, 0.25) is 11.8 Å². The zero-order chi connectivity index (χ0) is 14.1.